The Balaban J connectivity index is 0.00000261. The van der Waals surface area contributed by atoms with Crippen molar-refractivity contribution in [3.05, 3.63) is 41.4 Å². The molecule has 1 aromatic carbocycles. The van der Waals surface area contributed by atoms with E-state index in [0.717, 1.165) is 48.7 Å². The molecule has 8 heteroatoms. The molecular formula is C19H26IN5OS. The molecule has 0 atom stereocenters. The molecule has 0 aliphatic carbocycles. The van der Waals surface area contributed by atoms with Crippen LogP contribution in [0.2, 0.25) is 0 Å². The van der Waals surface area contributed by atoms with Crippen LogP contribution >= 0.6 is 35.3 Å². The van der Waals surface area contributed by atoms with Crippen molar-refractivity contribution < 1.29 is 4.79 Å². The second-order valence-electron chi connectivity index (χ2n) is 6.15. The Bertz CT molecular complexity index is 744. The third-order valence-electron chi connectivity index (χ3n) is 4.18. The summed E-state index contributed by atoms with van der Waals surface area (Å²) < 4.78 is 0. The minimum absolute atomic E-state index is 0. The van der Waals surface area contributed by atoms with E-state index in [-0.39, 0.29) is 36.4 Å². The second-order valence-corrected chi connectivity index (χ2v) is 7.00. The first-order valence-electron chi connectivity index (χ1n) is 9.06. The van der Waals surface area contributed by atoms with Gasteiger partial charge in [0.15, 0.2) is 5.96 Å². The van der Waals surface area contributed by atoms with Crippen molar-refractivity contribution in [2.24, 2.45) is 4.99 Å². The van der Waals surface area contributed by atoms with E-state index in [1.807, 2.05) is 35.4 Å². The van der Waals surface area contributed by atoms with E-state index in [9.17, 15) is 4.79 Å². The van der Waals surface area contributed by atoms with Crippen LogP contribution in [0.4, 0.5) is 0 Å². The molecule has 27 heavy (non-hydrogen) atoms. The minimum atomic E-state index is 0. The molecular weight excluding hydrogens is 473 g/mol. The number of nitrogens with zero attached hydrogens (tertiary/aromatic N) is 3. The van der Waals surface area contributed by atoms with E-state index in [1.165, 1.54) is 0 Å². The maximum Gasteiger partial charge on any atom is 0.241 e. The number of halogens is 1. The van der Waals surface area contributed by atoms with Crippen molar-refractivity contribution in [3.8, 4) is 10.6 Å². The van der Waals surface area contributed by atoms with Crippen LogP contribution in [0.25, 0.3) is 10.6 Å². The number of likely N-dealkylation sites (tertiary alicyclic amines) is 1. The fourth-order valence-electron chi connectivity index (χ4n) is 2.83. The van der Waals surface area contributed by atoms with Crippen LogP contribution in [0.3, 0.4) is 0 Å². The van der Waals surface area contributed by atoms with Crippen molar-refractivity contribution in [1.82, 2.24) is 20.5 Å². The molecule has 3 rings (SSSR count). The number of benzene rings is 1. The normalized spacial score (nSPS) is 14.0. The summed E-state index contributed by atoms with van der Waals surface area (Å²) in [6.07, 6.45) is 2.21. The predicted molar refractivity (Wildman–Crippen MR) is 122 cm³/mol. The maximum absolute atomic E-state index is 12.2. The van der Waals surface area contributed by atoms with E-state index in [4.69, 9.17) is 0 Å². The molecule has 1 saturated heterocycles. The van der Waals surface area contributed by atoms with E-state index < -0.39 is 0 Å². The number of rotatable bonds is 6. The van der Waals surface area contributed by atoms with Gasteiger partial charge in [-0.05, 0) is 19.8 Å². The SMILES string of the molecule is CCNC(=NCc1csc(-c2ccccc2)n1)NCC(=O)N1CCCC1.I. The fraction of sp³-hybridized carbons (Fsp3) is 0.421. The van der Waals surface area contributed by atoms with E-state index in [1.54, 1.807) is 11.3 Å². The van der Waals surface area contributed by atoms with Gasteiger partial charge in [0.25, 0.3) is 0 Å². The van der Waals surface area contributed by atoms with E-state index in [2.05, 4.69) is 32.7 Å². The van der Waals surface area contributed by atoms with Crippen molar-refractivity contribution >= 4 is 47.2 Å². The Kier molecular flexibility index (Phi) is 8.99. The Morgan fingerprint density at radius 3 is 2.67 bits per heavy atom. The topological polar surface area (TPSA) is 69.6 Å². The summed E-state index contributed by atoms with van der Waals surface area (Å²) in [7, 11) is 0. The zero-order chi connectivity index (χ0) is 18.2. The summed E-state index contributed by atoms with van der Waals surface area (Å²) in [5, 5.41) is 9.34. The maximum atomic E-state index is 12.2. The fourth-order valence-corrected chi connectivity index (χ4v) is 3.65. The molecule has 0 unspecified atom stereocenters. The van der Waals surface area contributed by atoms with Crippen LogP contribution in [0, 0.1) is 0 Å². The summed E-state index contributed by atoms with van der Waals surface area (Å²) in [4.78, 5) is 23.3. The van der Waals surface area contributed by atoms with Gasteiger partial charge >= 0.3 is 0 Å². The number of guanidine groups is 1. The molecule has 1 aromatic heterocycles. The third-order valence-corrected chi connectivity index (χ3v) is 5.12. The quantitative estimate of drug-likeness (QED) is 0.364. The number of hydrogen-bond acceptors (Lipinski definition) is 4. The Morgan fingerprint density at radius 1 is 1.22 bits per heavy atom. The highest BCUT2D eigenvalue weighted by Crippen LogP contribution is 2.23. The number of hydrogen-bond donors (Lipinski definition) is 2. The lowest BCUT2D eigenvalue weighted by Crippen LogP contribution is -2.44. The Labute approximate surface area is 181 Å². The number of nitrogens with one attached hydrogen (secondary N) is 2. The molecule has 1 aliphatic heterocycles. The van der Waals surface area contributed by atoms with Gasteiger partial charge in [-0.25, -0.2) is 9.98 Å². The number of carbonyl (C=O) groups excluding carboxylic acids is 1. The van der Waals surface area contributed by atoms with Gasteiger partial charge in [0.1, 0.15) is 5.01 Å². The van der Waals surface area contributed by atoms with Gasteiger partial charge in [0.2, 0.25) is 5.91 Å². The third kappa shape index (κ3) is 6.46. The van der Waals surface area contributed by atoms with Crippen molar-refractivity contribution in [1.29, 1.82) is 0 Å². The van der Waals surface area contributed by atoms with Crippen molar-refractivity contribution in [3.63, 3.8) is 0 Å². The molecule has 0 saturated carbocycles. The molecule has 6 nitrogen and oxygen atoms in total. The van der Waals surface area contributed by atoms with Crippen LogP contribution in [0.1, 0.15) is 25.5 Å². The predicted octanol–water partition coefficient (Wildman–Crippen LogP) is 3.11. The smallest absolute Gasteiger partial charge is 0.241 e. The highest BCUT2D eigenvalue weighted by atomic mass is 127. The summed E-state index contributed by atoms with van der Waals surface area (Å²) in [6, 6.07) is 10.1. The molecule has 2 heterocycles. The van der Waals surface area contributed by atoms with Crippen molar-refractivity contribution in [2.45, 2.75) is 26.3 Å². The molecule has 1 fully saturated rings. The van der Waals surface area contributed by atoms with Gasteiger partial charge < -0.3 is 15.5 Å². The van der Waals surface area contributed by atoms with Crippen LogP contribution in [-0.4, -0.2) is 47.9 Å². The number of amides is 1. The average Bonchev–Trinajstić information content (AvgIpc) is 3.36. The molecule has 0 bridgehead atoms. The zero-order valence-corrected chi connectivity index (χ0v) is 18.6. The Morgan fingerprint density at radius 2 is 1.96 bits per heavy atom. The standard InChI is InChI=1S/C19H25N5OS.HI/c1-2-20-19(22-13-17(25)24-10-6-7-11-24)21-12-16-14-26-18(23-16)15-8-4-3-5-9-15;/h3-5,8-9,14H,2,6-7,10-13H2,1H3,(H2,20,21,22);1H. The number of aliphatic imine (C=N–C) groups is 1. The van der Waals surface area contributed by atoms with Gasteiger partial charge in [-0.1, -0.05) is 30.3 Å². The highest BCUT2D eigenvalue weighted by Gasteiger charge is 2.17. The lowest BCUT2D eigenvalue weighted by molar-refractivity contribution is -0.128. The first-order chi connectivity index (χ1) is 12.8. The van der Waals surface area contributed by atoms with Gasteiger partial charge in [0.05, 0.1) is 18.8 Å². The zero-order valence-electron chi connectivity index (χ0n) is 15.5. The van der Waals surface area contributed by atoms with Gasteiger partial charge in [0, 0.05) is 30.6 Å². The monoisotopic (exact) mass is 499 g/mol. The van der Waals surface area contributed by atoms with Gasteiger partial charge in [-0.2, -0.15) is 0 Å². The number of carbonyl (C=O) groups is 1. The number of aromatic nitrogens is 1. The molecule has 2 N–H and O–H groups in total. The lowest BCUT2D eigenvalue weighted by Gasteiger charge is -2.17. The van der Waals surface area contributed by atoms with Crippen LogP contribution in [0.15, 0.2) is 40.7 Å². The van der Waals surface area contributed by atoms with Gasteiger partial charge in [-0.3, -0.25) is 4.79 Å². The van der Waals surface area contributed by atoms with E-state index >= 15 is 0 Å². The largest absolute Gasteiger partial charge is 0.357 e. The molecule has 1 aliphatic rings. The molecule has 0 spiro atoms. The Hall–Kier alpha value is -1.68. The summed E-state index contributed by atoms with van der Waals surface area (Å²) in [6.45, 7) is 5.26. The molecule has 146 valence electrons. The summed E-state index contributed by atoms with van der Waals surface area (Å²) >= 11 is 1.62. The minimum Gasteiger partial charge on any atom is -0.357 e. The lowest BCUT2D eigenvalue weighted by atomic mass is 10.2. The van der Waals surface area contributed by atoms with Crippen LogP contribution in [-0.2, 0) is 11.3 Å². The molecule has 2 aromatic rings. The second kappa shape index (κ2) is 11.2. The van der Waals surface area contributed by atoms with Crippen molar-refractivity contribution in [2.75, 3.05) is 26.2 Å². The van der Waals surface area contributed by atoms with Crippen LogP contribution in [0.5, 0.6) is 0 Å². The molecule has 1 amide bonds. The number of thiazole rings is 1. The first kappa shape index (κ1) is 21.6. The molecule has 0 radical (unpaired) electrons. The summed E-state index contributed by atoms with van der Waals surface area (Å²) in [5.41, 5.74) is 2.05. The summed E-state index contributed by atoms with van der Waals surface area (Å²) in [5.74, 6) is 0.780. The van der Waals surface area contributed by atoms with Gasteiger partial charge in [-0.15, -0.1) is 35.3 Å². The van der Waals surface area contributed by atoms with Crippen LogP contribution < -0.4 is 10.6 Å². The van der Waals surface area contributed by atoms with E-state index in [0.29, 0.717) is 12.5 Å². The first-order valence-corrected chi connectivity index (χ1v) is 9.94. The average molecular weight is 499 g/mol. The highest BCUT2D eigenvalue weighted by molar-refractivity contribution is 14.0.